The van der Waals surface area contributed by atoms with Gasteiger partial charge in [0.2, 0.25) is 0 Å². The Morgan fingerprint density at radius 2 is 1.95 bits per heavy atom. The number of esters is 1. The Balaban J connectivity index is 1.19. The second-order valence-electron chi connectivity index (χ2n) is 11.7. The molecule has 0 radical (unpaired) electrons. The maximum atomic E-state index is 13.4. The number of piperidine rings is 1. The van der Waals surface area contributed by atoms with Crippen LogP contribution in [0.2, 0.25) is 0 Å². The first-order chi connectivity index (χ1) is 20.2. The minimum absolute atomic E-state index is 0.0926. The van der Waals surface area contributed by atoms with Crippen molar-refractivity contribution in [1.82, 2.24) is 19.4 Å². The molecule has 222 valence electrons. The molecule has 2 aromatic heterocycles. The number of ether oxygens (including phenoxy) is 2. The zero-order valence-corrected chi connectivity index (χ0v) is 24.5. The molecule has 1 saturated heterocycles. The van der Waals surface area contributed by atoms with Crippen molar-refractivity contribution in [2.24, 2.45) is 0 Å². The molecule has 1 aromatic carbocycles. The molecular formula is C32H38N4O6. The van der Waals surface area contributed by atoms with Crippen LogP contribution in [0.4, 0.5) is 4.79 Å². The predicted molar refractivity (Wildman–Crippen MR) is 157 cm³/mol. The van der Waals surface area contributed by atoms with Crippen molar-refractivity contribution >= 4 is 23.0 Å². The molecule has 1 amide bonds. The van der Waals surface area contributed by atoms with Gasteiger partial charge >= 0.3 is 12.1 Å². The van der Waals surface area contributed by atoms with Crippen LogP contribution >= 0.6 is 0 Å². The third-order valence-electron chi connectivity index (χ3n) is 9.14. The number of aliphatic hydroxyl groups is 1. The van der Waals surface area contributed by atoms with Crippen molar-refractivity contribution < 1.29 is 24.2 Å². The van der Waals surface area contributed by atoms with E-state index in [9.17, 15) is 19.5 Å². The Bertz CT molecular complexity index is 1610. The lowest BCUT2D eigenvalue weighted by Gasteiger charge is -2.36. The van der Waals surface area contributed by atoms with Crippen LogP contribution in [0, 0.1) is 0 Å². The zero-order chi connectivity index (χ0) is 29.6. The van der Waals surface area contributed by atoms with Gasteiger partial charge in [-0.2, -0.15) is 0 Å². The maximum absolute atomic E-state index is 13.4. The molecule has 3 aliphatic heterocycles. The van der Waals surface area contributed by atoms with Gasteiger partial charge in [-0.25, -0.2) is 14.6 Å². The van der Waals surface area contributed by atoms with E-state index in [1.54, 1.807) is 40.7 Å². The normalized spacial score (nSPS) is 19.9. The molecule has 10 nitrogen and oxygen atoms in total. The van der Waals surface area contributed by atoms with Crippen LogP contribution < -0.4 is 10.3 Å². The summed E-state index contributed by atoms with van der Waals surface area (Å²) in [7, 11) is 2.18. The highest BCUT2D eigenvalue weighted by Gasteiger charge is 2.45. The van der Waals surface area contributed by atoms with E-state index in [2.05, 4.69) is 18.9 Å². The van der Waals surface area contributed by atoms with Crippen LogP contribution in [0.1, 0.15) is 69.1 Å². The summed E-state index contributed by atoms with van der Waals surface area (Å²) in [5.74, 6) is -0.299. The highest BCUT2D eigenvalue weighted by atomic mass is 16.6. The van der Waals surface area contributed by atoms with Crippen molar-refractivity contribution in [2.45, 2.75) is 77.2 Å². The fraction of sp³-hybridized carbons (Fsp3) is 0.500. The fourth-order valence-corrected chi connectivity index (χ4v) is 6.48. The van der Waals surface area contributed by atoms with E-state index in [0.717, 1.165) is 30.3 Å². The largest absolute Gasteiger partial charge is 0.458 e. The van der Waals surface area contributed by atoms with Gasteiger partial charge in [-0.1, -0.05) is 26.7 Å². The second kappa shape index (κ2) is 11.1. The Labute approximate surface area is 244 Å². The average molecular weight is 575 g/mol. The van der Waals surface area contributed by atoms with Gasteiger partial charge in [-0.05, 0) is 69.6 Å². The molecule has 0 aliphatic carbocycles. The summed E-state index contributed by atoms with van der Waals surface area (Å²) in [4.78, 5) is 47.8. The van der Waals surface area contributed by atoms with E-state index in [4.69, 9.17) is 14.5 Å². The first-order valence-corrected chi connectivity index (χ1v) is 15.0. The number of fused-ring (bicyclic) bond motifs is 5. The highest BCUT2D eigenvalue weighted by Crippen LogP contribution is 2.39. The highest BCUT2D eigenvalue weighted by molar-refractivity contribution is 5.87. The lowest BCUT2D eigenvalue weighted by atomic mass is 9.86. The van der Waals surface area contributed by atoms with E-state index < -0.39 is 11.6 Å². The summed E-state index contributed by atoms with van der Waals surface area (Å²) in [5.41, 5.74) is 1.14. The SMILES string of the molecule is CCCCCN(C)C1CCN(C(=O)Oc2ccc3nc4c(cc3c2)Cn2c-4cc3c(c2=O)COC(=O)C3(O)CC)CC1. The smallest absolute Gasteiger partial charge is 0.415 e. The van der Waals surface area contributed by atoms with Gasteiger partial charge in [0.15, 0.2) is 5.60 Å². The van der Waals surface area contributed by atoms with Gasteiger partial charge in [-0.3, -0.25) is 4.79 Å². The number of benzene rings is 1. The number of amides is 1. The number of hydrogen-bond acceptors (Lipinski definition) is 8. The Morgan fingerprint density at radius 1 is 1.17 bits per heavy atom. The van der Waals surface area contributed by atoms with Gasteiger partial charge in [0.1, 0.15) is 12.4 Å². The van der Waals surface area contributed by atoms with Gasteiger partial charge in [0, 0.05) is 35.6 Å². The number of cyclic esters (lactones) is 1. The summed E-state index contributed by atoms with van der Waals surface area (Å²) >= 11 is 0. The van der Waals surface area contributed by atoms with Gasteiger partial charge in [0.25, 0.3) is 5.56 Å². The number of pyridine rings is 2. The molecule has 0 saturated carbocycles. The molecule has 6 rings (SSSR count). The van der Waals surface area contributed by atoms with E-state index in [1.807, 2.05) is 6.07 Å². The van der Waals surface area contributed by atoms with Crippen molar-refractivity contribution in [2.75, 3.05) is 26.7 Å². The fourth-order valence-electron chi connectivity index (χ4n) is 6.48. The first kappa shape index (κ1) is 28.4. The zero-order valence-electron chi connectivity index (χ0n) is 24.5. The van der Waals surface area contributed by atoms with Crippen LogP contribution in [0.3, 0.4) is 0 Å². The molecule has 1 unspecified atom stereocenters. The molecule has 0 spiro atoms. The Kier molecular flexibility index (Phi) is 7.53. The molecular weight excluding hydrogens is 536 g/mol. The maximum Gasteiger partial charge on any atom is 0.415 e. The van der Waals surface area contributed by atoms with E-state index in [-0.39, 0.29) is 24.7 Å². The average Bonchev–Trinajstić information content (AvgIpc) is 3.36. The van der Waals surface area contributed by atoms with Crippen LogP contribution in [-0.4, -0.2) is 69.2 Å². The monoisotopic (exact) mass is 574 g/mol. The molecule has 5 heterocycles. The van der Waals surface area contributed by atoms with Crippen molar-refractivity contribution in [3.63, 3.8) is 0 Å². The summed E-state index contributed by atoms with van der Waals surface area (Å²) in [6.45, 7) is 6.48. The Morgan fingerprint density at radius 3 is 2.69 bits per heavy atom. The van der Waals surface area contributed by atoms with Crippen molar-refractivity contribution in [1.29, 1.82) is 0 Å². The van der Waals surface area contributed by atoms with Crippen molar-refractivity contribution in [3.8, 4) is 17.1 Å². The summed E-state index contributed by atoms with van der Waals surface area (Å²) < 4.78 is 12.5. The molecule has 0 bridgehead atoms. The lowest BCUT2D eigenvalue weighted by molar-refractivity contribution is -0.172. The minimum atomic E-state index is -1.86. The number of likely N-dealkylation sites (tertiary alicyclic amines) is 1. The van der Waals surface area contributed by atoms with Crippen LogP contribution in [0.5, 0.6) is 5.75 Å². The number of carbonyl (C=O) groups excluding carboxylic acids is 2. The molecule has 3 aromatic rings. The minimum Gasteiger partial charge on any atom is -0.458 e. The number of unbranched alkanes of at least 4 members (excludes halogenated alkanes) is 2. The second-order valence-corrected chi connectivity index (χ2v) is 11.7. The summed E-state index contributed by atoms with van der Waals surface area (Å²) in [5, 5.41) is 11.9. The Hall–Kier alpha value is -3.76. The molecule has 1 atom stereocenters. The predicted octanol–water partition coefficient (Wildman–Crippen LogP) is 4.16. The lowest BCUT2D eigenvalue weighted by Crippen LogP contribution is -2.46. The molecule has 1 N–H and O–H groups in total. The van der Waals surface area contributed by atoms with Crippen LogP contribution in [-0.2, 0) is 28.3 Å². The molecule has 3 aliphatic rings. The van der Waals surface area contributed by atoms with Crippen LogP contribution in [0.25, 0.3) is 22.3 Å². The summed E-state index contributed by atoms with van der Waals surface area (Å²) in [6, 6.07) is 9.48. The number of rotatable bonds is 7. The van der Waals surface area contributed by atoms with Gasteiger partial charge < -0.3 is 28.9 Å². The third kappa shape index (κ3) is 4.86. The number of carbonyl (C=O) groups is 2. The van der Waals surface area contributed by atoms with E-state index in [0.29, 0.717) is 59.5 Å². The van der Waals surface area contributed by atoms with E-state index in [1.165, 1.54) is 19.3 Å². The quantitative estimate of drug-likeness (QED) is 0.259. The van der Waals surface area contributed by atoms with Gasteiger partial charge in [-0.15, -0.1) is 0 Å². The van der Waals surface area contributed by atoms with Crippen LogP contribution in [0.15, 0.2) is 35.1 Å². The molecule has 1 fully saturated rings. The number of aromatic nitrogens is 2. The molecule has 42 heavy (non-hydrogen) atoms. The summed E-state index contributed by atoms with van der Waals surface area (Å²) in [6.07, 6.45) is 5.28. The number of hydrogen-bond donors (Lipinski definition) is 1. The van der Waals surface area contributed by atoms with Crippen molar-refractivity contribution in [3.05, 3.63) is 57.4 Å². The van der Waals surface area contributed by atoms with Gasteiger partial charge in [0.05, 0.1) is 29.0 Å². The third-order valence-corrected chi connectivity index (χ3v) is 9.14. The topological polar surface area (TPSA) is 114 Å². The first-order valence-electron chi connectivity index (χ1n) is 15.0. The number of nitrogens with zero attached hydrogens (tertiary/aromatic N) is 4. The van der Waals surface area contributed by atoms with E-state index >= 15 is 0 Å². The standard InChI is InChI=1S/C32H38N4O6/c1-4-6-7-12-34(3)22-10-13-35(14-11-22)31(39)42-23-8-9-26-20(16-23)15-21-18-36-27(28(21)33-26)17-25-24(29(36)37)19-41-30(38)32(25,40)5-2/h8-9,15-17,22,40H,4-7,10-14,18-19H2,1-3H3. The molecule has 10 heteroatoms.